The second kappa shape index (κ2) is 9.58. The third-order valence-electron chi connectivity index (χ3n) is 5.25. The molecule has 0 saturated heterocycles. The molecule has 7 heteroatoms. The monoisotopic (exact) mass is 397 g/mol. The summed E-state index contributed by atoms with van der Waals surface area (Å²) in [6.45, 7) is 7.28. The van der Waals surface area contributed by atoms with Crippen molar-refractivity contribution in [3.8, 4) is 0 Å². The minimum atomic E-state index is -0.264. The standard InChI is InChI=1S/C22H28FN5O/c1-4-5-6-13-27(14-18-7-9-19(23)10-8-18)21(29)12-11-20-16(2)26-22-24-15-25-28(22)17(20)3/h7-10,15H,4-6,11-14H2,1-3H3. The maximum Gasteiger partial charge on any atom is 0.252 e. The lowest BCUT2D eigenvalue weighted by Gasteiger charge is -2.23. The Hall–Kier alpha value is -2.83. The molecule has 0 saturated carbocycles. The first-order valence-corrected chi connectivity index (χ1v) is 10.2. The number of rotatable bonds is 9. The van der Waals surface area contributed by atoms with Gasteiger partial charge in [0.05, 0.1) is 0 Å². The SMILES string of the molecule is CCCCCN(Cc1ccc(F)cc1)C(=O)CCc1c(C)nc2ncnn2c1C. The van der Waals surface area contributed by atoms with Gasteiger partial charge in [0.2, 0.25) is 5.91 Å². The van der Waals surface area contributed by atoms with E-state index >= 15 is 0 Å². The summed E-state index contributed by atoms with van der Waals surface area (Å²) in [7, 11) is 0. The highest BCUT2D eigenvalue weighted by Gasteiger charge is 2.17. The lowest BCUT2D eigenvalue weighted by atomic mass is 10.1. The molecule has 3 rings (SSSR count). The van der Waals surface area contributed by atoms with Crippen LogP contribution < -0.4 is 0 Å². The number of nitrogens with zero attached hydrogens (tertiary/aromatic N) is 5. The minimum absolute atomic E-state index is 0.0999. The molecule has 1 aromatic carbocycles. The van der Waals surface area contributed by atoms with Crippen LogP contribution in [0.15, 0.2) is 30.6 Å². The molecule has 0 unspecified atom stereocenters. The quantitative estimate of drug-likeness (QED) is 0.512. The predicted octanol–water partition coefficient (Wildman–Crippen LogP) is 4.03. The summed E-state index contributed by atoms with van der Waals surface area (Å²) in [5, 5.41) is 4.21. The Kier molecular flexibility index (Phi) is 6.90. The van der Waals surface area contributed by atoms with Crippen LogP contribution in [-0.4, -0.2) is 36.9 Å². The summed E-state index contributed by atoms with van der Waals surface area (Å²) in [5.74, 6) is 0.412. The maximum atomic E-state index is 13.2. The highest BCUT2D eigenvalue weighted by molar-refractivity contribution is 5.76. The fourth-order valence-corrected chi connectivity index (χ4v) is 3.56. The molecular formula is C22H28FN5O. The van der Waals surface area contributed by atoms with E-state index in [4.69, 9.17) is 0 Å². The largest absolute Gasteiger partial charge is 0.338 e. The van der Waals surface area contributed by atoms with Crippen molar-refractivity contribution in [2.24, 2.45) is 0 Å². The Bertz CT molecular complexity index is 967. The van der Waals surface area contributed by atoms with Gasteiger partial charge in [-0.1, -0.05) is 31.9 Å². The van der Waals surface area contributed by atoms with Gasteiger partial charge in [-0.25, -0.2) is 13.9 Å². The number of aromatic nitrogens is 4. The van der Waals surface area contributed by atoms with Crippen LogP contribution in [0.3, 0.4) is 0 Å². The third-order valence-corrected chi connectivity index (χ3v) is 5.25. The second-order valence-corrected chi connectivity index (χ2v) is 7.38. The van der Waals surface area contributed by atoms with Crippen LogP contribution in [0.25, 0.3) is 5.78 Å². The molecular weight excluding hydrogens is 369 g/mol. The molecule has 0 aliphatic carbocycles. The smallest absolute Gasteiger partial charge is 0.252 e. The first kappa shape index (κ1) is 20.9. The molecule has 0 atom stereocenters. The number of fused-ring (bicyclic) bond motifs is 1. The summed E-state index contributed by atoms with van der Waals surface area (Å²) in [4.78, 5) is 23.5. The van der Waals surface area contributed by atoms with E-state index in [2.05, 4.69) is 22.0 Å². The van der Waals surface area contributed by atoms with Gasteiger partial charge in [0, 0.05) is 30.9 Å². The normalized spacial score (nSPS) is 11.2. The molecule has 1 amide bonds. The van der Waals surface area contributed by atoms with Crippen LogP contribution in [0.1, 0.15) is 55.1 Å². The number of benzene rings is 1. The lowest BCUT2D eigenvalue weighted by molar-refractivity contribution is -0.131. The van der Waals surface area contributed by atoms with E-state index in [9.17, 15) is 9.18 Å². The number of carbonyl (C=O) groups is 1. The number of hydrogen-bond acceptors (Lipinski definition) is 4. The van der Waals surface area contributed by atoms with Gasteiger partial charge >= 0.3 is 0 Å². The van der Waals surface area contributed by atoms with Crippen molar-refractivity contribution in [2.75, 3.05) is 6.54 Å². The number of carbonyl (C=O) groups excluding carboxylic acids is 1. The Labute approximate surface area is 170 Å². The van der Waals surface area contributed by atoms with Crippen LogP contribution in [0, 0.1) is 19.7 Å². The molecule has 0 N–H and O–H groups in total. The van der Waals surface area contributed by atoms with Crippen LogP contribution in [0.2, 0.25) is 0 Å². The van der Waals surface area contributed by atoms with Crippen molar-refractivity contribution in [3.63, 3.8) is 0 Å². The van der Waals surface area contributed by atoms with E-state index in [0.29, 0.717) is 31.7 Å². The fraction of sp³-hybridized carbons (Fsp3) is 0.455. The van der Waals surface area contributed by atoms with Crippen molar-refractivity contribution in [2.45, 2.75) is 59.4 Å². The Morgan fingerprint density at radius 2 is 1.93 bits per heavy atom. The molecule has 3 aromatic rings. The van der Waals surface area contributed by atoms with Crippen molar-refractivity contribution < 1.29 is 9.18 Å². The van der Waals surface area contributed by atoms with Gasteiger partial charge < -0.3 is 4.90 Å². The highest BCUT2D eigenvalue weighted by atomic mass is 19.1. The minimum Gasteiger partial charge on any atom is -0.338 e. The van der Waals surface area contributed by atoms with E-state index in [1.807, 2.05) is 18.7 Å². The van der Waals surface area contributed by atoms with Crippen molar-refractivity contribution >= 4 is 11.7 Å². The summed E-state index contributed by atoms with van der Waals surface area (Å²) >= 11 is 0. The molecule has 0 bridgehead atoms. The van der Waals surface area contributed by atoms with Gasteiger partial charge in [-0.3, -0.25) is 4.79 Å². The van der Waals surface area contributed by atoms with Crippen molar-refractivity contribution in [1.29, 1.82) is 0 Å². The number of hydrogen-bond donors (Lipinski definition) is 0. The van der Waals surface area contributed by atoms with E-state index in [-0.39, 0.29) is 11.7 Å². The van der Waals surface area contributed by atoms with Crippen LogP contribution in [-0.2, 0) is 17.8 Å². The Morgan fingerprint density at radius 3 is 2.66 bits per heavy atom. The van der Waals surface area contributed by atoms with Crippen molar-refractivity contribution in [3.05, 3.63) is 58.9 Å². The van der Waals surface area contributed by atoms with Gasteiger partial charge in [-0.15, -0.1) is 0 Å². The molecule has 0 spiro atoms. The third kappa shape index (κ3) is 5.16. The number of amides is 1. The first-order chi connectivity index (χ1) is 14.0. The van der Waals surface area contributed by atoms with Crippen LogP contribution in [0.4, 0.5) is 4.39 Å². The second-order valence-electron chi connectivity index (χ2n) is 7.38. The van der Waals surface area contributed by atoms with Crippen LogP contribution in [0.5, 0.6) is 0 Å². The summed E-state index contributed by atoms with van der Waals surface area (Å²) < 4.78 is 14.9. The zero-order chi connectivity index (χ0) is 20.8. The average Bonchev–Trinajstić information content (AvgIpc) is 3.17. The predicted molar refractivity (Wildman–Crippen MR) is 110 cm³/mol. The van der Waals surface area contributed by atoms with Gasteiger partial charge in [-0.2, -0.15) is 10.1 Å². The molecule has 0 aliphatic heterocycles. The number of aryl methyl sites for hydroxylation is 2. The fourth-order valence-electron chi connectivity index (χ4n) is 3.56. The summed E-state index contributed by atoms with van der Waals surface area (Å²) in [6.07, 6.45) is 5.64. The van der Waals surface area contributed by atoms with E-state index in [1.54, 1.807) is 16.6 Å². The zero-order valence-electron chi connectivity index (χ0n) is 17.4. The van der Waals surface area contributed by atoms with E-state index in [0.717, 1.165) is 41.8 Å². The highest BCUT2D eigenvalue weighted by Crippen LogP contribution is 2.17. The zero-order valence-corrected chi connectivity index (χ0v) is 17.4. The topological polar surface area (TPSA) is 63.4 Å². The van der Waals surface area contributed by atoms with Crippen LogP contribution >= 0.6 is 0 Å². The molecule has 6 nitrogen and oxygen atoms in total. The Morgan fingerprint density at radius 1 is 1.17 bits per heavy atom. The van der Waals surface area contributed by atoms with Gasteiger partial charge in [0.1, 0.15) is 12.1 Å². The number of halogens is 1. The molecule has 29 heavy (non-hydrogen) atoms. The van der Waals surface area contributed by atoms with E-state index < -0.39 is 0 Å². The molecule has 2 aromatic heterocycles. The van der Waals surface area contributed by atoms with Gasteiger partial charge in [-0.05, 0) is 49.9 Å². The van der Waals surface area contributed by atoms with Crippen molar-refractivity contribution in [1.82, 2.24) is 24.5 Å². The Balaban J connectivity index is 1.71. The first-order valence-electron chi connectivity index (χ1n) is 10.2. The number of unbranched alkanes of at least 4 members (excludes halogenated alkanes) is 2. The molecule has 0 radical (unpaired) electrons. The summed E-state index contributed by atoms with van der Waals surface area (Å²) in [5.41, 5.74) is 3.82. The maximum absolute atomic E-state index is 13.2. The molecule has 2 heterocycles. The lowest BCUT2D eigenvalue weighted by Crippen LogP contribution is -2.32. The average molecular weight is 397 g/mol. The van der Waals surface area contributed by atoms with Gasteiger partial charge in [0.15, 0.2) is 0 Å². The van der Waals surface area contributed by atoms with Gasteiger partial charge in [0.25, 0.3) is 5.78 Å². The molecule has 0 aliphatic rings. The van der Waals surface area contributed by atoms with E-state index in [1.165, 1.54) is 18.5 Å². The summed E-state index contributed by atoms with van der Waals surface area (Å²) in [6, 6.07) is 6.37. The molecule has 154 valence electrons. The molecule has 0 fully saturated rings.